The molecule has 0 heterocycles. The van der Waals surface area contributed by atoms with E-state index in [2.05, 4.69) is 26.0 Å². The van der Waals surface area contributed by atoms with Crippen LogP contribution in [0.5, 0.6) is 11.5 Å². The van der Waals surface area contributed by atoms with Crippen molar-refractivity contribution < 1.29 is 24.1 Å². The first-order valence-electron chi connectivity index (χ1n) is 5.54. The number of alkyl carbamates (subject to hydrolysis) is 1. The molecule has 0 fully saturated rings. The van der Waals surface area contributed by atoms with Gasteiger partial charge in [-0.25, -0.2) is 4.79 Å². The van der Waals surface area contributed by atoms with Crippen LogP contribution in [0.15, 0.2) is 16.6 Å². The molecule has 1 aromatic rings. The number of benzene rings is 1. The lowest BCUT2D eigenvalue weighted by atomic mass is 10.1. The van der Waals surface area contributed by atoms with Gasteiger partial charge in [0, 0.05) is 6.54 Å². The number of methoxy groups -OCH3 is 2. The first-order valence-corrected chi connectivity index (χ1v) is 6.33. The van der Waals surface area contributed by atoms with E-state index in [0.717, 1.165) is 10.0 Å². The maximum atomic E-state index is 11.0. The number of aliphatic hydroxyl groups excluding tert-OH is 1. The second kappa shape index (κ2) is 7.85. The van der Waals surface area contributed by atoms with Gasteiger partial charge in [-0.05, 0) is 40.0 Å². The van der Waals surface area contributed by atoms with E-state index >= 15 is 0 Å². The first kappa shape index (κ1) is 15.6. The smallest absolute Gasteiger partial charge is 0.409 e. The van der Waals surface area contributed by atoms with Crippen LogP contribution in [-0.4, -0.2) is 38.8 Å². The molecule has 2 N–H and O–H groups in total. The zero-order chi connectivity index (χ0) is 14.3. The molecule has 0 bridgehead atoms. The fourth-order valence-corrected chi connectivity index (χ4v) is 2.01. The van der Waals surface area contributed by atoms with E-state index in [-0.39, 0.29) is 0 Å². The zero-order valence-electron chi connectivity index (χ0n) is 10.7. The van der Waals surface area contributed by atoms with Gasteiger partial charge in [-0.2, -0.15) is 0 Å². The van der Waals surface area contributed by atoms with Crippen LogP contribution in [0.3, 0.4) is 0 Å². The standard InChI is InChI=1S/C12H16BrNO5/c1-17-10-6-9(13)11(18-2)5-8(10)3-4-14-12(16)19-7-15/h5-6,15H,3-4,7H2,1-2H3,(H,14,16). The molecule has 0 saturated carbocycles. The predicted molar refractivity (Wildman–Crippen MR) is 72.5 cm³/mol. The van der Waals surface area contributed by atoms with Crippen molar-refractivity contribution in [2.45, 2.75) is 6.42 Å². The molecule has 106 valence electrons. The maximum absolute atomic E-state index is 11.0. The van der Waals surface area contributed by atoms with Gasteiger partial charge in [-0.15, -0.1) is 0 Å². The number of hydrogen-bond donors (Lipinski definition) is 2. The van der Waals surface area contributed by atoms with Crippen LogP contribution in [0.1, 0.15) is 5.56 Å². The number of halogens is 1. The Morgan fingerprint density at radius 1 is 1.32 bits per heavy atom. The van der Waals surface area contributed by atoms with Crippen molar-refractivity contribution in [1.82, 2.24) is 5.32 Å². The number of hydrogen-bond acceptors (Lipinski definition) is 5. The Labute approximate surface area is 119 Å². The van der Waals surface area contributed by atoms with Gasteiger partial charge < -0.3 is 24.6 Å². The third kappa shape index (κ3) is 4.60. The van der Waals surface area contributed by atoms with Crippen molar-refractivity contribution in [1.29, 1.82) is 0 Å². The van der Waals surface area contributed by atoms with Crippen LogP contribution < -0.4 is 14.8 Å². The highest BCUT2D eigenvalue weighted by Gasteiger charge is 2.10. The summed E-state index contributed by atoms with van der Waals surface area (Å²) in [5, 5.41) is 10.9. The molecule has 19 heavy (non-hydrogen) atoms. The lowest BCUT2D eigenvalue weighted by molar-refractivity contribution is 0.0445. The Hall–Kier alpha value is -1.47. The van der Waals surface area contributed by atoms with Crippen LogP contribution in [0.2, 0.25) is 0 Å². The molecule has 1 amide bonds. The van der Waals surface area contributed by atoms with Crippen LogP contribution in [-0.2, 0) is 11.2 Å². The van der Waals surface area contributed by atoms with Crippen molar-refractivity contribution in [3.05, 3.63) is 22.2 Å². The molecular formula is C12H16BrNO5. The Kier molecular flexibility index (Phi) is 6.44. The van der Waals surface area contributed by atoms with E-state index in [0.29, 0.717) is 24.5 Å². The van der Waals surface area contributed by atoms with E-state index in [1.54, 1.807) is 20.3 Å². The molecular weight excluding hydrogens is 318 g/mol. The quantitative estimate of drug-likeness (QED) is 0.774. The summed E-state index contributed by atoms with van der Waals surface area (Å²) in [6, 6.07) is 3.64. The highest BCUT2D eigenvalue weighted by atomic mass is 79.9. The molecule has 1 rings (SSSR count). The van der Waals surface area contributed by atoms with Gasteiger partial charge in [-0.3, -0.25) is 0 Å². The molecule has 1 aromatic carbocycles. The summed E-state index contributed by atoms with van der Waals surface area (Å²) in [4.78, 5) is 11.0. The van der Waals surface area contributed by atoms with Crippen molar-refractivity contribution in [3.8, 4) is 11.5 Å². The molecule has 0 unspecified atom stereocenters. The number of carbonyl (C=O) groups is 1. The van der Waals surface area contributed by atoms with Gasteiger partial charge in [0.2, 0.25) is 0 Å². The zero-order valence-corrected chi connectivity index (χ0v) is 12.3. The molecule has 0 aliphatic rings. The van der Waals surface area contributed by atoms with Crippen LogP contribution >= 0.6 is 15.9 Å². The fraction of sp³-hybridized carbons (Fsp3) is 0.417. The Morgan fingerprint density at radius 2 is 2.00 bits per heavy atom. The average Bonchev–Trinajstić information content (AvgIpc) is 2.40. The Morgan fingerprint density at radius 3 is 2.58 bits per heavy atom. The second-order valence-corrected chi connectivity index (χ2v) is 4.39. The SMILES string of the molecule is COc1cc(CCNC(=O)OCO)c(OC)cc1Br. The van der Waals surface area contributed by atoms with Gasteiger partial charge in [-0.1, -0.05) is 0 Å². The molecule has 7 heteroatoms. The van der Waals surface area contributed by atoms with Crippen molar-refractivity contribution in [2.24, 2.45) is 0 Å². The number of ether oxygens (including phenoxy) is 3. The normalized spacial score (nSPS) is 9.89. The maximum Gasteiger partial charge on any atom is 0.409 e. The number of nitrogens with one attached hydrogen (secondary N) is 1. The highest BCUT2D eigenvalue weighted by molar-refractivity contribution is 9.10. The van der Waals surface area contributed by atoms with Gasteiger partial charge >= 0.3 is 6.09 Å². The minimum absolute atomic E-state index is 0.361. The van der Waals surface area contributed by atoms with Crippen molar-refractivity contribution >= 4 is 22.0 Å². The van der Waals surface area contributed by atoms with E-state index < -0.39 is 12.9 Å². The average molecular weight is 334 g/mol. The summed E-state index contributed by atoms with van der Waals surface area (Å²) in [5.74, 6) is 1.39. The minimum atomic E-state index is -0.662. The molecule has 0 aliphatic carbocycles. The lowest BCUT2D eigenvalue weighted by Gasteiger charge is -2.12. The molecule has 0 spiro atoms. The molecule has 0 aliphatic heterocycles. The topological polar surface area (TPSA) is 77.0 Å². The summed E-state index contributed by atoms with van der Waals surface area (Å²) in [6.07, 6.45) is -0.113. The summed E-state index contributed by atoms with van der Waals surface area (Å²) in [7, 11) is 3.15. The number of aliphatic hydroxyl groups is 1. The summed E-state index contributed by atoms with van der Waals surface area (Å²) < 4.78 is 15.6. The molecule has 0 saturated heterocycles. The summed E-state index contributed by atoms with van der Waals surface area (Å²) in [5.41, 5.74) is 0.895. The second-order valence-electron chi connectivity index (χ2n) is 3.54. The van der Waals surface area contributed by atoms with E-state index in [1.165, 1.54) is 0 Å². The van der Waals surface area contributed by atoms with Crippen LogP contribution in [0.4, 0.5) is 4.79 Å². The summed E-state index contributed by atoms with van der Waals surface area (Å²) >= 11 is 3.37. The van der Waals surface area contributed by atoms with E-state index in [9.17, 15) is 4.79 Å². The number of rotatable bonds is 6. The first-order chi connectivity index (χ1) is 9.12. The van der Waals surface area contributed by atoms with E-state index in [4.69, 9.17) is 14.6 Å². The van der Waals surface area contributed by atoms with E-state index in [1.807, 2.05) is 6.07 Å². The minimum Gasteiger partial charge on any atom is -0.496 e. The number of carbonyl (C=O) groups excluding carboxylic acids is 1. The Balaban J connectivity index is 2.68. The largest absolute Gasteiger partial charge is 0.496 e. The fourth-order valence-electron chi connectivity index (χ4n) is 1.53. The molecule has 0 atom stereocenters. The molecule has 0 radical (unpaired) electrons. The van der Waals surface area contributed by atoms with Crippen LogP contribution in [0, 0.1) is 0 Å². The van der Waals surface area contributed by atoms with Crippen molar-refractivity contribution in [3.63, 3.8) is 0 Å². The van der Waals surface area contributed by atoms with Gasteiger partial charge in [0.15, 0.2) is 6.79 Å². The highest BCUT2D eigenvalue weighted by Crippen LogP contribution is 2.32. The molecule has 0 aromatic heterocycles. The monoisotopic (exact) mass is 333 g/mol. The third-order valence-electron chi connectivity index (χ3n) is 2.41. The van der Waals surface area contributed by atoms with Crippen molar-refractivity contribution in [2.75, 3.05) is 27.6 Å². The third-order valence-corrected chi connectivity index (χ3v) is 3.03. The summed E-state index contributed by atoms with van der Waals surface area (Å²) in [6.45, 7) is -0.277. The number of amides is 1. The predicted octanol–water partition coefficient (Wildman–Crippen LogP) is 1.68. The lowest BCUT2D eigenvalue weighted by Crippen LogP contribution is -2.26. The molecule has 6 nitrogen and oxygen atoms in total. The van der Waals surface area contributed by atoms with Crippen LogP contribution in [0.25, 0.3) is 0 Å². The van der Waals surface area contributed by atoms with Gasteiger partial charge in [0.1, 0.15) is 11.5 Å². The Bertz CT molecular complexity index is 438. The van der Waals surface area contributed by atoms with Gasteiger partial charge in [0.05, 0.1) is 18.7 Å². The van der Waals surface area contributed by atoms with Gasteiger partial charge in [0.25, 0.3) is 0 Å².